The smallest absolute Gasteiger partial charge is 0.466 e. The van der Waals surface area contributed by atoms with Gasteiger partial charge in [-0.25, -0.2) is 9.13 Å². The summed E-state index contributed by atoms with van der Waals surface area (Å²) in [5.41, 5.74) is 0. The van der Waals surface area contributed by atoms with Crippen LogP contribution < -0.4 is 0 Å². The summed E-state index contributed by atoms with van der Waals surface area (Å²) in [7, 11) is -9.28. The summed E-state index contributed by atoms with van der Waals surface area (Å²) in [6, 6.07) is 0. The Balaban J connectivity index is -0.000000197. The molecule has 0 unspecified atom stereocenters. The van der Waals surface area contributed by atoms with Crippen LogP contribution in [0, 0.1) is 0 Å². The van der Waals surface area contributed by atoms with Gasteiger partial charge in [0, 0.05) is 13.0 Å². The Morgan fingerprint density at radius 2 is 1.11 bits per heavy atom. The first kappa shape index (κ1) is 22.8. The van der Waals surface area contributed by atoms with Gasteiger partial charge in [-0.3, -0.25) is 4.79 Å². The first-order valence-electron chi connectivity index (χ1n) is 4.16. The molecule has 0 amide bonds. The number of aliphatic carboxylic acids is 1. The lowest BCUT2D eigenvalue weighted by molar-refractivity contribution is -0.137. The fourth-order valence-electron chi connectivity index (χ4n) is 0.388. The maximum absolute atomic E-state index is 9.79. The number of hydrogen-bond donors (Lipinski definition) is 8. The highest BCUT2D eigenvalue weighted by atomic mass is 31.2. The largest absolute Gasteiger partial charge is 0.481 e. The maximum atomic E-state index is 9.79. The molecule has 112 valence electrons. The second kappa shape index (κ2) is 11.7. The summed E-state index contributed by atoms with van der Waals surface area (Å²) in [5, 5.41) is 16.2. The highest BCUT2D eigenvalue weighted by Gasteiger charge is 2.00. The molecular formula is C5H16O11P2. The highest BCUT2D eigenvalue weighted by Crippen LogP contribution is 2.26. The minimum Gasteiger partial charge on any atom is -0.481 e. The van der Waals surface area contributed by atoms with Gasteiger partial charge in [-0.2, -0.15) is 0 Å². The van der Waals surface area contributed by atoms with Crippen molar-refractivity contribution in [3.63, 3.8) is 0 Å². The van der Waals surface area contributed by atoms with Crippen LogP contribution in [0.25, 0.3) is 0 Å². The number of hydrogen-bond acceptors (Lipinski definition) is 4. The van der Waals surface area contributed by atoms with Crippen molar-refractivity contribution in [2.75, 3.05) is 6.61 Å². The molecule has 0 aliphatic heterocycles. The molecule has 0 bridgehead atoms. The van der Waals surface area contributed by atoms with Gasteiger partial charge in [0.15, 0.2) is 0 Å². The summed E-state index contributed by atoms with van der Waals surface area (Å²) in [4.78, 5) is 52.9. The fourth-order valence-corrected chi connectivity index (χ4v) is 0.388. The Kier molecular flexibility index (Phi) is 14.8. The van der Waals surface area contributed by atoms with Crippen LogP contribution in [0.2, 0.25) is 0 Å². The zero-order valence-corrected chi connectivity index (χ0v) is 10.8. The van der Waals surface area contributed by atoms with Gasteiger partial charge in [0.1, 0.15) is 0 Å². The minimum atomic E-state index is -4.64. The number of carboxylic acids is 1. The van der Waals surface area contributed by atoms with Gasteiger partial charge in [0.05, 0.1) is 0 Å². The third-order valence-electron chi connectivity index (χ3n) is 0.799. The molecule has 0 aliphatic rings. The van der Waals surface area contributed by atoms with E-state index in [2.05, 4.69) is 0 Å². The van der Waals surface area contributed by atoms with Crippen molar-refractivity contribution in [1.29, 1.82) is 0 Å². The Hall–Kier alpha value is -0.350. The van der Waals surface area contributed by atoms with E-state index in [1.807, 2.05) is 0 Å². The lowest BCUT2D eigenvalue weighted by Gasteiger charge is -1.89. The van der Waals surface area contributed by atoms with Crippen LogP contribution in [-0.4, -0.2) is 52.1 Å². The summed E-state index contributed by atoms with van der Waals surface area (Å²) in [5.74, 6) is -0.793. The minimum absolute atomic E-state index is 0.0906. The predicted octanol–water partition coefficient (Wildman–Crippen LogP) is -1.62. The third kappa shape index (κ3) is 155. The number of rotatable bonds is 4. The first-order valence-corrected chi connectivity index (χ1v) is 7.29. The van der Waals surface area contributed by atoms with Gasteiger partial charge in [0.25, 0.3) is 0 Å². The van der Waals surface area contributed by atoms with Crippen molar-refractivity contribution in [3.05, 3.63) is 0 Å². The number of aliphatic hydroxyl groups is 1. The summed E-state index contributed by atoms with van der Waals surface area (Å²) < 4.78 is 17.8. The van der Waals surface area contributed by atoms with Crippen LogP contribution >= 0.6 is 15.6 Å². The van der Waals surface area contributed by atoms with Crippen LogP contribution in [0.15, 0.2) is 0 Å². The molecule has 0 aromatic carbocycles. The molecule has 0 aromatic heterocycles. The van der Waals surface area contributed by atoms with E-state index in [0.29, 0.717) is 12.8 Å². The molecule has 0 rings (SSSR count). The summed E-state index contributed by atoms with van der Waals surface area (Å²) in [6.45, 7) is 0.0906. The van der Waals surface area contributed by atoms with E-state index >= 15 is 0 Å². The molecule has 0 heterocycles. The van der Waals surface area contributed by atoms with Crippen LogP contribution in [-0.2, 0) is 13.9 Å². The molecule has 0 radical (unpaired) electrons. The van der Waals surface area contributed by atoms with E-state index in [4.69, 9.17) is 48.7 Å². The van der Waals surface area contributed by atoms with E-state index in [9.17, 15) is 4.79 Å². The zero-order chi connectivity index (χ0) is 15.4. The van der Waals surface area contributed by atoms with E-state index in [1.165, 1.54) is 0 Å². The van der Waals surface area contributed by atoms with Gasteiger partial charge in [0.2, 0.25) is 0 Å². The third-order valence-corrected chi connectivity index (χ3v) is 0.799. The lowest BCUT2D eigenvalue weighted by atomic mass is 10.2. The van der Waals surface area contributed by atoms with Crippen LogP contribution in [0.3, 0.4) is 0 Å². The first-order chi connectivity index (χ1) is 7.77. The maximum Gasteiger partial charge on any atom is 0.466 e. The van der Waals surface area contributed by atoms with Crippen molar-refractivity contribution >= 4 is 21.6 Å². The molecule has 0 atom stereocenters. The summed E-state index contributed by atoms with van der Waals surface area (Å²) in [6.07, 6.45) is 1.33. The SMILES string of the molecule is O=C(O)CCCCO.O=P(O)(O)O.O=P(O)(O)O. The van der Waals surface area contributed by atoms with E-state index in [1.54, 1.807) is 0 Å². The number of phosphoric acid groups is 2. The topological polar surface area (TPSA) is 213 Å². The fraction of sp³-hybridized carbons (Fsp3) is 0.800. The molecule has 0 aromatic rings. The summed E-state index contributed by atoms with van der Waals surface area (Å²) >= 11 is 0. The Morgan fingerprint density at radius 3 is 1.28 bits per heavy atom. The molecular weight excluding hydrogens is 298 g/mol. The number of carboxylic acid groups (broad SMARTS) is 1. The molecule has 11 nitrogen and oxygen atoms in total. The molecule has 0 spiro atoms. The molecule has 0 saturated heterocycles. The second-order valence-electron chi connectivity index (χ2n) is 2.60. The molecule has 18 heavy (non-hydrogen) atoms. The average molecular weight is 314 g/mol. The van der Waals surface area contributed by atoms with Crippen LogP contribution in [0.5, 0.6) is 0 Å². The van der Waals surface area contributed by atoms with E-state index in [-0.39, 0.29) is 13.0 Å². The molecule has 0 aliphatic carbocycles. The normalized spacial score (nSPS) is 10.6. The van der Waals surface area contributed by atoms with Crippen molar-refractivity contribution in [3.8, 4) is 0 Å². The number of aliphatic hydroxyl groups excluding tert-OH is 1. The van der Waals surface area contributed by atoms with Crippen molar-refractivity contribution in [2.24, 2.45) is 0 Å². The van der Waals surface area contributed by atoms with Crippen LogP contribution in [0.1, 0.15) is 19.3 Å². The monoisotopic (exact) mass is 314 g/mol. The quantitative estimate of drug-likeness (QED) is 0.218. The zero-order valence-electron chi connectivity index (χ0n) is 9.03. The molecule has 13 heteroatoms. The van der Waals surface area contributed by atoms with Crippen molar-refractivity contribution < 1.29 is 53.5 Å². The van der Waals surface area contributed by atoms with Gasteiger partial charge < -0.3 is 39.6 Å². The lowest BCUT2D eigenvalue weighted by Crippen LogP contribution is -1.94. The van der Waals surface area contributed by atoms with Crippen molar-refractivity contribution in [1.82, 2.24) is 0 Å². The van der Waals surface area contributed by atoms with Crippen LogP contribution in [0.4, 0.5) is 0 Å². The van der Waals surface area contributed by atoms with Gasteiger partial charge >= 0.3 is 21.6 Å². The Bertz CT molecular complexity index is 253. The predicted molar refractivity (Wildman–Crippen MR) is 57.1 cm³/mol. The van der Waals surface area contributed by atoms with Gasteiger partial charge in [-0.05, 0) is 12.8 Å². The Morgan fingerprint density at radius 1 is 0.833 bits per heavy atom. The molecule has 0 fully saturated rings. The number of unbranched alkanes of at least 4 members (excludes halogenated alkanes) is 1. The second-order valence-corrected chi connectivity index (χ2v) is 4.65. The van der Waals surface area contributed by atoms with Gasteiger partial charge in [-0.15, -0.1) is 0 Å². The van der Waals surface area contributed by atoms with E-state index in [0.717, 1.165) is 0 Å². The standard InChI is InChI=1S/C5H10O3.2H3O4P/c6-4-2-1-3-5(7)8;2*1-5(2,3)4/h6H,1-4H2,(H,7,8);2*(H3,1,2,3,4). The van der Waals surface area contributed by atoms with Gasteiger partial charge in [-0.1, -0.05) is 0 Å². The number of carbonyl (C=O) groups is 1. The van der Waals surface area contributed by atoms with Crippen molar-refractivity contribution in [2.45, 2.75) is 19.3 Å². The molecule has 0 saturated carbocycles. The Labute approximate surface area is 102 Å². The van der Waals surface area contributed by atoms with E-state index < -0.39 is 21.6 Å². The molecule has 8 N–H and O–H groups in total. The highest BCUT2D eigenvalue weighted by molar-refractivity contribution is 7.45. The average Bonchev–Trinajstić information content (AvgIpc) is 1.97.